The second kappa shape index (κ2) is 11.7. The monoisotopic (exact) mass is 561 g/mol. The van der Waals surface area contributed by atoms with Gasteiger partial charge in [0.15, 0.2) is 5.82 Å². The van der Waals surface area contributed by atoms with E-state index in [4.69, 9.17) is 21.1 Å². The Morgan fingerprint density at radius 3 is 2.47 bits per heavy atom. The Hall–Kier alpha value is -3.11. The molecular weight excluding hydrogens is 526 g/mol. The molecule has 0 spiro atoms. The van der Waals surface area contributed by atoms with Gasteiger partial charge in [-0.15, -0.1) is 16.4 Å². The van der Waals surface area contributed by atoms with Crippen molar-refractivity contribution in [2.75, 3.05) is 4.90 Å². The van der Waals surface area contributed by atoms with Crippen LogP contribution in [-0.2, 0) is 22.4 Å². The van der Waals surface area contributed by atoms with Crippen molar-refractivity contribution in [3.05, 3.63) is 51.1 Å². The van der Waals surface area contributed by atoms with Gasteiger partial charge in [0.2, 0.25) is 5.28 Å². The lowest BCUT2D eigenvalue weighted by atomic mass is 10.1. The summed E-state index contributed by atoms with van der Waals surface area (Å²) in [5, 5.41) is 9.25. The van der Waals surface area contributed by atoms with Crippen molar-refractivity contribution in [1.29, 1.82) is 0 Å². The van der Waals surface area contributed by atoms with E-state index in [-0.39, 0.29) is 17.9 Å². The van der Waals surface area contributed by atoms with Gasteiger partial charge < -0.3 is 14.8 Å². The number of amides is 2. The number of carbonyl (C=O) groups is 2. The molecule has 0 fully saturated rings. The molecule has 0 aliphatic rings. The van der Waals surface area contributed by atoms with Gasteiger partial charge in [-0.2, -0.15) is 4.98 Å². The Balaban J connectivity index is 2.07. The van der Waals surface area contributed by atoms with Gasteiger partial charge in [-0.3, -0.25) is 4.90 Å². The van der Waals surface area contributed by atoms with Crippen molar-refractivity contribution in [3.63, 3.8) is 0 Å². The number of rotatable bonds is 7. The van der Waals surface area contributed by atoms with Crippen LogP contribution in [0.4, 0.5) is 15.4 Å². The summed E-state index contributed by atoms with van der Waals surface area (Å²) in [7, 11) is 0. The summed E-state index contributed by atoms with van der Waals surface area (Å²) in [6, 6.07) is 5.54. The molecule has 3 aromatic heterocycles. The van der Waals surface area contributed by atoms with Crippen LogP contribution in [0.2, 0.25) is 5.28 Å². The molecule has 1 N–H and O–H groups in total. The lowest BCUT2D eigenvalue weighted by molar-refractivity contribution is 0.0506. The largest absolute Gasteiger partial charge is 0.444 e. The van der Waals surface area contributed by atoms with E-state index in [1.807, 2.05) is 91.1 Å². The molecule has 1 atom stereocenters. The summed E-state index contributed by atoms with van der Waals surface area (Å²) in [5.74, 6) is 0.331. The number of ether oxygens (including phenoxy) is 2. The van der Waals surface area contributed by atoms with Gasteiger partial charge >= 0.3 is 12.2 Å². The van der Waals surface area contributed by atoms with Crippen LogP contribution in [-0.4, -0.2) is 44.0 Å². The van der Waals surface area contributed by atoms with E-state index < -0.39 is 23.4 Å². The highest BCUT2D eigenvalue weighted by atomic mass is 35.5. The Morgan fingerprint density at radius 1 is 1.21 bits per heavy atom. The van der Waals surface area contributed by atoms with Crippen LogP contribution < -0.4 is 10.2 Å². The van der Waals surface area contributed by atoms with Gasteiger partial charge in [0.05, 0.1) is 12.2 Å². The molecule has 0 unspecified atom stereocenters. The lowest BCUT2D eigenvalue weighted by Crippen LogP contribution is -2.38. The minimum Gasteiger partial charge on any atom is -0.444 e. The fourth-order valence-corrected chi connectivity index (χ4v) is 4.62. The highest BCUT2D eigenvalue weighted by Crippen LogP contribution is 2.30. The third-order valence-electron chi connectivity index (χ3n) is 5.08. The zero-order valence-corrected chi connectivity index (χ0v) is 24.7. The molecule has 206 valence electrons. The maximum absolute atomic E-state index is 13.4. The van der Waals surface area contributed by atoms with E-state index in [0.717, 1.165) is 16.1 Å². The fraction of sp³-hybridized carbons (Fsp3) is 0.481. The molecule has 0 bridgehead atoms. The Bertz CT molecular complexity index is 1310. The van der Waals surface area contributed by atoms with E-state index in [9.17, 15) is 9.59 Å². The summed E-state index contributed by atoms with van der Waals surface area (Å²) < 4.78 is 12.8. The van der Waals surface area contributed by atoms with Gasteiger partial charge in [0, 0.05) is 10.9 Å². The molecule has 38 heavy (non-hydrogen) atoms. The first-order valence-electron chi connectivity index (χ1n) is 12.4. The number of hydrogen-bond acceptors (Lipinski definition) is 7. The van der Waals surface area contributed by atoms with Crippen LogP contribution in [0.25, 0.3) is 11.6 Å². The zero-order valence-electron chi connectivity index (χ0n) is 23.2. The predicted molar refractivity (Wildman–Crippen MR) is 152 cm³/mol. The molecular formula is C27H36ClN5O4S. The molecule has 0 aliphatic carbocycles. The maximum Gasteiger partial charge on any atom is 0.416 e. The minimum atomic E-state index is -0.704. The predicted octanol–water partition coefficient (Wildman–Crippen LogP) is 6.87. The van der Waals surface area contributed by atoms with Crippen LogP contribution >= 0.6 is 22.9 Å². The molecule has 0 radical (unpaired) electrons. The van der Waals surface area contributed by atoms with E-state index in [0.29, 0.717) is 17.8 Å². The van der Waals surface area contributed by atoms with Gasteiger partial charge in [-0.05, 0) is 103 Å². The SMILES string of the molecule is C/C=C/c1c(C[C@H](C)NC(=O)OC(C)(C)C)cc2c(N(Cc3cccs3)C(=O)OC(C)(C)C)nc(Cl)nn12. The number of fused-ring (bicyclic) bond motifs is 1. The van der Waals surface area contributed by atoms with Crippen LogP contribution in [0.3, 0.4) is 0 Å². The van der Waals surface area contributed by atoms with Crippen LogP contribution in [0.15, 0.2) is 29.7 Å². The normalized spacial score (nSPS) is 13.1. The molecule has 0 aromatic carbocycles. The van der Waals surface area contributed by atoms with Crippen molar-refractivity contribution in [2.24, 2.45) is 0 Å². The van der Waals surface area contributed by atoms with E-state index in [2.05, 4.69) is 15.4 Å². The molecule has 0 saturated heterocycles. The number of aromatic nitrogens is 3. The van der Waals surface area contributed by atoms with Gasteiger partial charge in [-0.1, -0.05) is 12.1 Å². The number of nitrogens with zero attached hydrogens (tertiary/aromatic N) is 4. The summed E-state index contributed by atoms with van der Waals surface area (Å²) in [6.45, 7) is 15.0. The smallest absolute Gasteiger partial charge is 0.416 e. The number of halogens is 1. The molecule has 9 nitrogen and oxygen atoms in total. The maximum atomic E-state index is 13.4. The van der Waals surface area contributed by atoms with Gasteiger partial charge in [0.25, 0.3) is 0 Å². The van der Waals surface area contributed by atoms with Gasteiger partial charge in [-0.25, -0.2) is 14.1 Å². The van der Waals surface area contributed by atoms with Crippen molar-refractivity contribution >= 4 is 52.5 Å². The zero-order chi connectivity index (χ0) is 28.3. The summed E-state index contributed by atoms with van der Waals surface area (Å²) >= 11 is 7.92. The topological polar surface area (TPSA) is 98.1 Å². The van der Waals surface area contributed by atoms with Crippen molar-refractivity contribution in [1.82, 2.24) is 19.9 Å². The second-order valence-corrected chi connectivity index (χ2v) is 12.3. The van der Waals surface area contributed by atoms with E-state index in [1.165, 1.54) is 16.2 Å². The molecule has 3 heterocycles. The molecule has 0 aliphatic heterocycles. The van der Waals surface area contributed by atoms with Crippen LogP contribution in [0.1, 0.15) is 71.5 Å². The highest BCUT2D eigenvalue weighted by Gasteiger charge is 2.29. The first-order valence-corrected chi connectivity index (χ1v) is 13.7. The highest BCUT2D eigenvalue weighted by molar-refractivity contribution is 7.09. The second-order valence-electron chi connectivity index (χ2n) is 11.0. The van der Waals surface area contributed by atoms with Crippen LogP contribution in [0, 0.1) is 0 Å². The number of allylic oxidation sites excluding steroid dienone is 1. The van der Waals surface area contributed by atoms with E-state index >= 15 is 0 Å². The van der Waals surface area contributed by atoms with Gasteiger partial charge in [0.1, 0.15) is 16.7 Å². The number of anilines is 1. The third kappa shape index (κ3) is 7.94. The Kier molecular flexibility index (Phi) is 9.09. The molecule has 3 rings (SSSR count). The van der Waals surface area contributed by atoms with Crippen molar-refractivity contribution < 1.29 is 19.1 Å². The average molecular weight is 562 g/mol. The molecule has 11 heteroatoms. The number of hydrogen-bond donors (Lipinski definition) is 1. The summed E-state index contributed by atoms with van der Waals surface area (Å²) in [5.41, 5.74) is 0.948. The lowest BCUT2D eigenvalue weighted by Gasteiger charge is -2.27. The summed E-state index contributed by atoms with van der Waals surface area (Å²) in [6.07, 6.45) is 3.25. The Morgan fingerprint density at radius 2 is 1.89 bits per heavy atom. The molecule has 2 amide bonds. The minimum absolute atomic E-state index is 0.0138. The first kappa shape index (κ1) is 29.4. The standard InChI is InChI=1S/C27H36ClN5O4S/c1-9-11-20-18(14-17(2)29-24(34)36-26(3,4)5)15-21-22(30-23(28)31-33(20)21)32(16-19-12-10-13-38-19)25(35)37-27(6,7)8/h9-13,15,17H,14,16H2,1-8H3,(H,29,34)/b11-9+/t17-/m0/s1. The van der Waals surface area contributed by atoms with Crippen molar-refractivity contribution in [3.8, 4) is 0 Å². The molecule has 3 aromatic rings. The molecule has 0 saturated carbocycles. The quantitative estimate of drug-likeness (QED) is 0.338. The number of thiophene rings is 1. The van der Waals surface area contributed by atoms with Crippen molar-refractivity contribution in [2.45, 2.75) is 85.6 Å². The number of nitrogens with one attached hydrogen (secondary N) is 1. The van der Waals surface area contributed by atoms with Crippen LogP contribution in [0.5, 0.6) is 0 Å². The third-order valence-corrected chi connectivity index (χ3v) is 6.10. The fourth-order valence-electron chi connectivity index (χ4n) is 3.77. The Labute approximate surface area is 232 Å². The van der Waals surface area contributed by atoms with E-state index in [1.54, 1.807) is 4.52 Å². The number of alkyl carbamates (subject to hydrolysis) is 1. The summed E-state index contributed by atoms with van der Waals surface area (Å²) in [4.78, 5) is 32.6. The average Bonchev–Trinajstić information content (AvgIpc) is 3.37. The number of carbonyl (C=O) groups excluding carboxylic acids is 2. The first-order chi connectivity index (χ1) is 17.7.